The molecule has 2 heterocycles. The maximum absolute atomic E-state index is 4.20. The molecular formula is C14H23N3S. The average molecular weight is 265 g/mol. The standard InChI is InChI=1S/C14H23N3S/c1-3-14(2)9-16-13(11-4-5-11)8-17(14)7-12-6-15-10-18-12/h6,10-11,13,16H,3-5,7-9H2,1-2H3. The normalized spacial score (nSPS) is 33.8. The van der Waals surface area contributed by atoms with E-state index in [0.717, 1.165) is 25.0 Å². The molecule has 3 rings (SSSR count). The summed E-state index contributed by atoms with van der Waals surface area (Å²) in [5.74, 6) is 0.940. The van der Waals surface area contributed by atoms with Gasteiger partial charge in [-0.3, -0.25) is 9.88 Å². The molecule has 1 aliphatic heterocycles. The van der Waals surface area contributed by atoms with E-state index in [2.05, 4.69) is 29.0 Å². The van der Waals surface area contributed by atoms with Gasteiger partial charge >= 0.3 is 0 Å². The van der Waals surface area contributed by atoms with E-state index >= 15 is 0 Å². The molecule has 2 unspecified atom stereocenters. The summed E-state index contributed by atoms with van der Waals surface area (Å²) in [5.41, 5.74) is 2.24. The molecule has 2 aliphatic rings. The number of hydrogen-bond acceptors (Lipinski definition) is 4. The number of aromatic nitrogens is 1. The zero-order valence-corrected chi connectivity index (χ0v) is 12.2. The molecular weight excluding hydrogens is 242 g/mol. The van der Waals surface area contributed by atoms with E-state index in [1.54, 1.807) is 11.3 Å². The van der Waals surface area contributed by atoms with Crippen LogP contribution in [0.4, 0.5) is 0 Å². The van der Waals surface area contributed by atoms with Gasteiger partial charge in [-0.05, 0) is 32.1 Å². The van der Waals surface area contributed by atoms with Gasteiger partial charge in [0.2, 0.25) is 0 Å². The van der Waals surface area contributed by atoms with Crippen molar-refractivity contribution < 1.29 is 0 Å². The van der Waals surface area contributed by atoms with Crippen molar-refractivity contribution in [1.29, 1.82) is 0 Å². The highest BCUT2D eigenvalue weighted by Crippen LogP contribution is 2.36. The fourth-order valence-electron chi connectivity index (χ4n) is 2.91. The second-order valence-electron chi connectivity index (χ2n) is 6.02. The van der Waals surface area contributed by atoms with Crippen LogP contribution in [0, 0.1) is 5.92 Å². The van der Waals surface area contributed by atoms with Gasteiger partial charge in [0.25, 0.3) is 0 Å². The van der Waals surface area contributed by atoms with Gasteiger partial charge in [-0.1, -0.05) is 6.92 Å². The number of rotatable bonds is 4. The lowest BCUT2D eigenvalue weighted by Crippen LogP contribution is -2.63. The average Bonchev–Trinajstić information content (AvgIpc) is 3.11. The third-order valence-corrected chi connectivity index (χ3v) is 5.47. The summed E-state index contributed by atoms with van der Waals surface area (Å²) < 4.78 is 0. The summed E-state index contributed by atoms with van der Waals surface area (Å²) in [6, 6.07) is 0.720. The van der Waals surface area contributed by atoms with Gasteiger partial charge in [0.05, 0.1) is 5.51 Å². The van der Waals surface area contributed by atoms with Crippen LogP contribution in [-0.2, 0) is 6.54 Å². The lowest BCUT2D eigenvalue weighted by Gasteiger charge is -2.48. The van der Waals surface area contributed by atoms with Crippen LogP contribution in [0.2, 0.25) is 0 Å². The van der Waals surface area contributed by atoms with Crippen LogP contribution in [0.3, 0.4) is 0 Å². The zero-order valence-electron chi connectivity index (χ0n) is 11.4. The molecule has 2 atom stereocenters. The third-order valence-electron chi connectivity index (χ3n) is 4.71. The van der Waals surface area contributed by atoms with Crippen LogP contribution < -0.4 is 5.32 Å². The molecule has 0 amide bonds. The molecule has 2 fully saturated rings. The van der Waals surface area contributed by atoms with Crippen molar-refractivity contribution in [1.82, 2.24) is 15.2 Å². The SMILES string of the molecule is CCC1(C)CNC(C2CC2)CN1Cc1cncs1. The van der Waals surface area contributed by atoms with Crippen molar-refractivity contribution in [3.05, 3.63) is 16.6 Å². The fourth-order valence-corrected chi connectivity index (χ4v) is 3.52. The lowest BCUT2D eigenvalue weighted by atomic mass is 9.91. The lowest BCUT2D eigenvalue weighted by molar-refractivity contribution is 0.0377. The summed E-state index contributed by atoms with van der Waals surface area (Å²) in [5, 5.41) is 3.78. The number of nitrogens with zero attached hydrogens (tertiary/aromatic N) is 2. The summed E-state index contributed by atoms with van der Waals surface area (Å²) >= 11 is 1.78. The van der Waals surface area contributed by atoms with Crippen molar-refractivity contribution in [3.63, 3.8) is 0 Å². The summed E-state index contributed by atoms with van der Waals surface area (Å²) in [6.07, 6.45) is 6.08. The Kier molecular flexibility index (Phi) is 3.43. The molecule has 100 valence electrons. The van der Waals surface area contributed by atoms with Gasteiger partial charge < -0.3 is 5.32 Å². The number of thiazole rings is 1. The van der Waals surface area contributed by atoms with E-state index in [4.69, 9.17) is 0 Å². The Labute approximate surface area is 114 Å². The maximum Gasteiger partial charge on any atom is 0.0794 e. The van der Waals surface area contributed by atoms with Crippen LogP contribution in [0.5, 0.6) is 0 Å². The first kappa shape index (κ1) is 12.6. The quantitative estimate of drug-likeness (QED) is 0.906. The van der Waals surface area contributed by atoms with E-state index in [0.29, 0.717) is 5.54 Å². The first-order chi connectivity index (χ1) is 8.71. The first-order valence-electron chi connectivity index (χ1n) is 7.07. The van der Waals surface area contributed by atoms with Crippen molar-refractivity contribution in [2.75, 3.05) is 13.1 Å². The monoisotopic (exact) mass is 265 g/mol. The molecule has 1 N–H and O–H groups in total. The Morgan fingerprint density at radius 2 is 2.39 bits per heavy atom. The Bertz CT molecular complexity index is 388. The minimum atomic E-state index is 0.301. The predicted octanol–water partition coefficient (Wildman–Crippen LogP) is 2.50. The zero-order chi connectivity index (χ0) is 12.6. The van der Waals surface area contributed by atoms with Crippen molar-refractivity contribution in [3.8, 4) is 0 Å². The van der Waals surface area contributed by atoms with Gasteiger partial charge in [-0.15, -0.1) is 11.3 Å². The Morgan fingerprint density at radius 3 is 3.00 bits per heavy atom. The topological polar surface area (TPSA) is 28.2 Å². The summed E-state index contributed by atoms with van der Waals surface area (Å²) in [6.45, 7) is 8.10. The predicted molar refractivity (Wildman–Crippen MR) is 75.7 cm³/mol. The van der Waals surface area contributed by atoms with Crippen LogP contribution in [0.25, 0.3) is 0 Å². The van der Waals surface area contributed by atoms with E-state index in [1.165, 1.54) is 30.7 Å². The van der Waals surface area contributed by atoms with Gasteiger partial charge in [0, 0.05) is 42.3 Å². The van der Waals surface area contributed by atoms with Crippen LogP contribution in [-0.4, -0.2) is 34.6 Å². The highest BCUT2D eigenvalue weighted by Gasteiger charge is 2.41. The smallest absolute Gasteiger partial charge is 0.0794 e. The molecule has 1 saturated carbocycles. The minimum Gasteiger partial charge on any atom is -0.311 e. The highest BCUT2D eigenvalue weighted by molar-refractivity contribution is 7.09. The Hall–Kier alpha value is -0.450. The molecule has 1 aromatic rings. The third kappa shape index (κ3) is 2.46. The van der Waals surface area contributed by atoms with Gasteiger partial charge in [-0.25, -0.2) is 0 Å². The molecule has 3 nitrogen and oxygen atoms in total. The molecule has 0 spiro atoms. The highest BCUT2D eigenvalue weighted by atomic mass is 32.1. The summed E-state index contributed by atoms with van der Waals surface area (Å²) in [7, 11) is 0. The van der Waals surface area contributed by atoms with Gasteiger partial charge in [-0.2, -0.15) is 0 Å². The van der Waals surface area contributed by atoms with Crippen LogP contribution in [0.15, 0.2) is 11.7 Å². The molecule has 18 heavy (non-hydrogen) atoms. The maximum atomic E-state index is 4.20. The van der Waals surface area contributed by atoms with Crippen LogP contribution in [0.1, 0.15) is 38.0 Å². The largest absolute Gasteiger partial charge is 0.311 e. The second-order valence-corrected chi connectivity index (χ2v) is 6.99. The fraction of sp³-hybridized carbons (Fsp3) is 0.786. The molecule has 0 radical (unpaired) electrons. The number of piperazine rings is 1. The van der Waals surface area contributed by atoms with Crippen molar-refractivity contribution in [2.45, 2.75) is 51.2 Å². The summed E-state index contributed by atoms with van der Waals surface area (Å²) in [4.78, 5) is 8.28. The van der Waals surface area contributed by atoms with E-state index in [1.807, 2.05) is 11.7 Å². The minimum absolute atomic E-state index is 0.301. The van der Waals surface area contributed by atoms with Crippen molar-refractivity contribution >= 4 is 11.3 Å². The van der Waals surface area contributed by atoms with E-state index in [-0.39, 0.29) is 0 Å². The van der Waals surface area contributed by atoms with Gasteiger partial charge in [0.15, 0.2) is 0 Å². The Balaban J connectivity index is 1.72. The molecule has 4 heteroatoms. The Morgan fingerprint density at radius 1 is 1.56 bits per heavy atom. The molecule has 0 bridgehead atoms. The van der Waals surface area contributed by atoms with Crippen molar-refractivity contribution in [2.24, 2.45) is 5.92 Å². The van der Waals surface area contributed by atoms with Gasteiger partial charge in [0.1, 0.15) is 0 Å². The van der Waals surface area contributed by atoms with Crippen LogP contribution >= 0.6 is 11.3 Å². The molecule has 1 saturated heterocycles. The van der Waals surface area contributed by atoms with E-state index < -0.39 is 0 Å². The molecule has 0 aromatic carbocycles. The number of hydrogen-bond donors (Lipinski definition) is 1. The first-order valence-corrected chi connectivity index (χ1v) is 7.95. The molecule has 1 aromatic heterocycles. The second kappa shape index (κ2) is 4.91. The number of nitrogens with one attached hydrogen (secondary N) is 1. The molecule has 1 aliphatic carbocycles. The van der Waals surface area contributed by atoms with E-state index in [9.17, 15) is 0 Å².